The average Bonchev–Trinajstić information content (AvgIpc) is 3.16. The van der Waals surface area contributed by atoms with Crippen LogP contribution >= 0.6 is 0 Å². The number of benzene rings is 1. The van der Waals surface area contributed by atoms with E-state index in [1.54, 1.807) is 35.9 Å². The highest BCUT2D eigenvalue weighted by Crippen LogP contribution is 2.13. The van der Waals surface area contributed by atoms with Crippen molar-refractivity contribution >= 4 is 17.7 Å². The van der Waals surface area contributed by atoms with E-state index >= 15 is 0 Å². The molecule has 134 valence electrons. The van der Waals surface area contributed by atoms with Crippen LogP contribution in [0.3, 0.4) is 0 Å². The molecule has 3 aromatic rings. The Morgan fingerprint density at radius 3 is 2.73 bits per heavy atom. The lowest BCUT2D eigenvalue weighted by molar-refractivity contribution is -0.116. The second-order valence-corrected chi connectivity index (χ2v) is 5.65. The molecular formula is C17H16FN5O3. The molecule has 9 heteroatoms. The van der Waals surface area contributed by atoms with Gasteiger partial charge in [-0.25, -0.2) is 13.9 Å². The lowest BCUT2D eigenvalue weighted by Gasteiger charge is -2.06. The van der Waals surface area contributed by atoms with E-state index in [4.69, 9.17) is 5.11 Å². The molecule has 2 N–H and O–H groups in total. The number of aryl methyl sites for hydroxylation is 1. The maximum absolute atomic E-state index is 13.8. The Hall–Kier alpha value is -3.49. The topological polar surface area (TPSA) is 102 Å². The normalized spacial score (nSPS) is 10.7. The van der Waals surface area contributed by atoms with Gasteiger partial charge in [0, 0.05) is 23.5 Å². The highest BCUT2D eigenvalue weighted by atomic mass is 19.1. The van der Waals surface area contributed by atoms with Crippen molar-refractivity contribution in [2.75, 3.05) is 5.32 Å². The number of aromatic nitrogens is 4. The third kappa shape index (κ3) is 3.77. The van der Waals surface area contributed by atoms with Crippen LogP contribution in [0.25, 0.3) is 0 Å². The number of anilines is 1. The minimum atomic E-state index is -1.17. The van der Waals surface area contributed by atoms with E-state index in [9.17, 15) is 14.0 Å². The molecule has 0 bridgehead atoms. The molecule has 1 aromatic carbocycles. The quantitative estimate of drug-likeness (QED) is 0.702. The summed E-state index contributed by atoms with van der Waals surface area (Å²) in [5.41, 5.74) is 1.15. The molecule has 0 aliphatic heterocycles. The molecule has 0 aliphatic carbocycles. The largest absolute Gasteiger partial charge is 0.477 e. The predicted molar refractivity (Wildman–Crippen MR) is 90.3 cm³/mol. The fourth-order valence-corrected chi connectivity index (χ4v) is 2.48. The number of halogens is 1. The van der Waals surface area contributed by atoms with Gasteiger partial charge in [0.15, 0.2) is 5.82 Å². The van der Waals surface area contributed by atoms with Gasteiger partial charge in [0.25, 0.3) is 0 Å². The highest BCUT2D eigenvalue weighted by molar-refractivity contribution is 5.91. The number of carbonyl (C=O) groups is 2. The Labute approximate surface area is 147 Å². The molecular weight excluding hydrogens is 341 g/mol. The summed E-state index contributed by atoms with van der Waals surface area (Å²) in [5, 5.41) is 19.7. The summed E-state index contributed by atoms with van der Waals surface area (Å²) in [6.45, 7) is 1.77. The zero-order chi connectivity index (χ0) is 18.7. The summed E-state index contributed by atoms with van der Waals surface area (Å²) in [6, 6.07) is 9.36. The fraction of sp³-hybridized carbons (Fsp3) is 0.176. The van der Waals surface area contributed by atoms with Gasteiger partial charge >= 0.3 is 5.97 Å². The average molecular weight is 357 g/mol. The second kappa shape index (κ2) is 7.18. The van der Waals surface area contributed by atoms with E-state index in [2.05, 4.69) is 15.5 Å². The van der Waals surface area contributed by atoms with Gasteiger partial charge in [0.05, 0.1) is 6.54 Å². The number of hydrogen-bond donors (Lipinski definition) is 2. The van der Waals surface area contributed by atoms with Crippen molar-refractivity contribution in [1.82, 2.24) is 19.6 Å². The number of nitrogens with one attached hydrogen (secondary N) is 1. The lowest BCUT2D eigenvalue weighted by Crippen LogP contribution is -2.22. The first kappa shape index (κ1) is 17.3. The second-order valence-electron chi connectivity index (χ2n) is 5.65. The number of aromatic carboxylic acids is 1. The van der Waals surface area contributed by atoms with Gasteiger partial charge in [-0.3, -0.25) is 9.48 Å². The van der Waals surface area contributed by atoms with Crippen LogP contribution in [-0.4, -0.2) is 36.5 Å². The number of nitrogens with zero attached hydrogens (tertiary/aromatic N) is 4. The van der Waals surface area contributed by atoms with Crippen LogP contribution in [0, 0.1) is 12.7 Å². The van der Waals surface area contributed by atoms with Crippen molar-refractivity contribution in [3.63, 3.8) is 0 Å². The molecule has 2 heterocycles. The number of carboxylic acids is 1. The van der Waals surface area contributed by atoms with Gasteiger partial charge in [-0.15, -0.1) is 0 Å². The number of amides is 1. The van der Waals surface area contributed by atoms with Gasteiger partial charge < -0.3 is 10.4 Å². The van der Waals surface area contributed by atoms with Crippen LogP contribution in [0.5, 0.6) is 0 Å². The van der Waals surface area contributed by atoms with Gasteiger partial charge in [-0.1, -0.05) is 18.2 Å². The van der Waals surface area contributed by atoms with E-state index < -0.39 is 11.9 Å². The molecule has 0 atom stereocenters. The standard InChI is InChI=1S/C17H16FN5O3/c1-11-8-15(21-22(11)9-12-4-2-3-5-13(12)18)20-16(24)10-23-14(17(25)26)6-7-19-23/h2-8H,9-10H2,1H3,(H,25,26)(H,20,21,24). The van der Waals surface area contributed by atoms with Gasteiger partial charge in [-0.05, 0) is 19.1 Å². The maximum atomic E-state index is 13.8. The minimum absolute atomic E-state index is 0.0820. The molecule has 1 amide bonds. The summed E-state index contributed by atoms with van der Waals surface area (Å²) >= 11 is 0. The first-order valence-electron chi connectivity index (χ1n) is 7.77. The molecule has 0 spiro atoms. The summed E-state index contributed by atoms with van der Waals surface area (Å²) < 4.78 is 16.4. The number of carbonyl (C=O) groups excluding carboxylic acids is 1. The van der Waals surface area contributed by atoms with Crippen LogP contribution in [-0.2, 0) is 17.9 Å². The van der Waals surface area contributed by atoms with E-state index in [0.29, 0.717) is 11.4 Å². The minimum Gasteiger partial charge on any atom is -0.477 e. The third-order valence-electron chi connectivity index (χ3n) is 3.76. The summed E-state index contributed by atoms with van der Waals surface area (Å²) in [6.07, 6.45) is 1.31. The van der Waals surface area contributed by atoms with E-state index in [-0.39, 0.29) is 24.6 Å². The first-order valence-corrected chi connectivity index (χ1v) is 7.77. The third-order valence-corrected chi connectivity index (χ3v) is 3.76. The molecule has 0 aliphatic rings. The van der Waals surface area contributed by atoms with E-state index in [0.717, 1.165) is 10.4 Å². The van der Waals surface area contributed by atoms with Crippen LogP contribution in [0.1, 0.15) is 21.7 Å². The first-order chi connectivity index (χ1) is 12.4. The predicted octanol–water partition coefficient (Wildman–Crippen LogP) is 1.91. The fourth-order valence-electron chi connectivity index (χ4n) is 2.48. The van der Waals surface area contributed by atoms with E-state index in [1.807, 2.05) is 0 Å². The molecule has 0 fully saturated rings. The zero-order valence-corrected chi connectivity index (χ0v) is 13.9. The van der Waals surface area contributed by atoms with Crippen molar-refractivity contribution in [3.8, 4) is 0 Å². The van der Waals surface area contributed by atoms with Crippen molar-refractivity contribution in [3.05, 3.63) is 65.4 Å². The molecule has 0 saturated carbocycles. The monoisotopic (exact) mass is 357 g/mol. The van der Waals surface area contributed by atoms with Crippen molar-refractivity contribution in [2.45, 2.75) is 20.0 Å². The van der Waals surface area contributed by atoms with Gasteiger partial charge in [0.2, 0.25) is 5.91 Å². The Morgan fingerprint density at radius 1 is 1.23 bits per heavy atom. The summed E-state index contributed by atoms with van der Waals surface area (Å²) in [4.78, 5) is 23.1. The smallest absolute Gasteiger partial charge is 0.354 e. The molecule has 0 unspecified atom stereocenters. The number of hydrogen-bond acceptors (Lipinski definition) is 4. The zero-order valence-electron chi connectivity index (χ0n) is 13.9. The van der Waals surface area contributed by atoms with Crippen molar-refractivity contribution in [2.24, 2.45) is 0 Å². The number of carboxylic acid groups (broad SMARTS) is 1. The van der Waals surface area contributed by atoms with Crippen molar-refractivity contribution < 1.29 is 19.1 Å². The van der Waals surface area contributed by atoms with E-state index in [1.165, 1.54) is 18.3 Å². The number of rotatable bonds is 6. The molecule has 3 rings (SSSR count). The van der Waals surface area contributed by atoms with Crippen LogP contribution in [0.4, 0.5) is 10.2 Å². The van der Waals surface area contributed by atoms with Crippen molar-refractivity contribution in [1.29, 1.82) is 0 Å². The van der Waals surface area contributed by atoms with Crippen LogP contribution < -0.4 is 5.32 Å². The molecule has 2 aromatic heterocycles. The Morgan fingerprint density at radius 2 is 2.00 bits per heavy atom. The highest BCUT2D eigenvalue weighted by Gasteiger charge is 2.15. The summed E-state index contributed by atoms with van der Waals surface area (Å²) in [7, 11) is 0. The van der Waals surface area contributed by atoms with Crippen LogP contribution in [0.15, 0.2) is 42.6 Å². The Bertz CT molecular complexity index is 963. The molecule has 0 radical (unpaired) electrons. The molecule has 8 nitrogen and oxygen atoms in total. The van der Waals surface area contributed by atoms with Crippen LogP contribution in [0.2, 0.25) is 0 Å². The Balaban J connectivity index is 1.69. The summed E-state index contributed by atoms with van der Waals surface area (Å²) in [5.74, 6) is -1.66. The Kier molecular flexibility index (Phi) is 4.78. The van der Waals surface area contributed by atoms with Gasteiger partial charge in [-0.2, -0.15) is 10.2 Å². The van der Waals surface area contributed by atoms with Gasteiger partial charge in [0.1, 0.15) is 18.1 Å². The molecule has 26 heavy (non-hydrogen) atoms. The lowest BCUT2D eigenvalue weighted by atomic mass is 10.2. The maximum Gasteiger partial charge on any atom is 0.354 e. The molecule has 0 saturated heterocycles. The SMILES string of the molecule is Cc1cc(NC(=O)Cn2nccc2C(=O)O)nn1Cc1ccccc1F.